The van der Waals surface area contributed by atoms with E-state index in [1.165, 1.54) is 0 Å². The summed E-state index contributed by atoms with van der Waals surface area (Å²) in [7, 11) is 1.78. The van der Waals surface area contributed by atoms with E-state index in [2.05, 4.69) is 17.2 Å². The normalized spacial score (nSPS) is 9.63. The lowest BCUT2D eigenvalue weighted by atomic mass is 10.3. The zero-order valence-corrected chi connectivity index (χ0v) is 12.2. The molecule has 0 saturated heterocycles. The summed E-state index contributed by atoms with van der Waals surface area (Å²) >= 11 is 1.59. The zero-order valence-electron chi connectivity index (χ0n) is 11.4. The van der Waals surface area contributed by atoms with Gasteiger partial charge in [-0.3, -0.25) is 0 Å². The Morgan fingerprint density at radius 1 is 1.58 bits per heavy atom. The molecule has 1 heterocycles. The molecule has 0 aliphatic rings. The van der Waals surface area contributed by atoms with Crippen molar-refractivity contribution in [2.75, 3.05) is 20.2 Å². The maximum Gasteiger partial charge on any atom is 0.317 e. The summed E-state index contributed by atoms with van der Waals surface area (Å²) in [6.45, 7) is 3.40. The number of thiophene rings is 1. The molecule has 4 nitrogen and oxygen atoms in total. The van der Waals surface area contributed by atoms with Crippen LogP contribution in [0.25, 0.3) is 0 Å². The summed E-state index contributed by atoms with van der Waals surface area (Å²) in [6.07, 6.45) is 1.42. The maximum atomic E-state index is 11.7. The van der Waals surface area contributed by atoms with Gasteiger partial charge in [-0.1, -0.05) is 18.8 Å². The molecule has 1 aromatic rings. The van der Waals surface area contributed by atoms with Gasteiger partial charge in [0.1, 0.15) is 0 Å². The van der Waals surface area contributed by atoms with Crippen molar-refractivity contribution in [2.24, 2.45) is 0 Å². The van der Waals surface area contributed by atoms with Gasteiger partial charge in [0, 0.05) is 35.8 Å². The highest BCUT2D eigenvalue weighted by molar-refractivity contribution is 7.10. The maximum absolute atomic E-state index is 11.7. The van der Waals surface area contributed by atoms with E-state index in [0.717, 1.165) is 16.9 Å². The molecule has 0 aliphatic heterocycles. The Balaban J connectivity index is 2.49. The van der Waals surface area contributed by atoms with Crippen molar-refractivity contribution in [3.63, 3.8) is 0 Å². The number of hydrogen-bond acceptors (Lipinski definition) is 3. The highest BCUT2D eigenvalue weighted by atomic mass is 32.1. The Kier molecular flexibility index (Phi) is 7.01. The summed E-state index contributed by atoms with van der Waals surface area (Å²) in [5.74, 6) is 5.87. The summed E-state index contributed by atoms with van der Waals surface area (Å²) < 4.78 is 0. The molecule has 1 aromatic heterocycles. The third-order valence-corrected chi connectivity index (χ3v) is 3.31. The molecule has 2 amide bonds. The molecule has 0 aliphatic carbocycles. The van der Waals surface area contributed by atoms with Gasteiger partial charge in [-0.25, -0.2) is 4.79 Å². The summed E-state index contributed by atoms with van der Waals surface area (Å²) in [5.41, 5.74) is 0.941. The Morgan fingerprint density at radius 3 is 3.05 bits per heavy atom. The van der Waals surface area contributed by atoms with Crippen LogP contribution in [0.2, 0.25) is 0 Å². The van der Waals surface area contributed by atoms with Gasteiger partial charge < -0.3 is 15.3 Å². The van der Waals surface area contributed by atoms with Crippen molar-refractivity contribution in [3.05, 3.63) is 21.9 Å². The van der Waals surface area contributed by atoms with Gasteiger partial charge in [-0.05, 0) is 12.5 Å². The molecule has 0 fully saturated rings. The van der Waals surface area contributed by atoms with Crippen LogP contribution >= 0.6 is 11.3 Å². The molecular formula is C14H20N2O2S. The van der Waals surface area contributed by atoms with Crippen molar-refractivity contribution >= 4 is 17.4 Å². The summed E-state index contributed by atoms with van der Waals surface area (Å²) in [6, 6.07) is 1.93. The zero-order chi connectivity index (χ0) is 14.1. The minimum Gasteiger partial charge on any atom is -0.395 e. The van der Waals surface area contributed by atoms with Gasteiger partial charge in [0.15, 0.2) is 0 Å². The highest BCUT2D eigenvalue weighted by Gasteiger charge is 2.09. The lowest BCUT2D eigenvalue weighted by Crippen LogP contribution is -2.36. The number of aliphatic hydroxyl groups is 1. The van der Waals surface area contributed by atoms with E-state index in [-0.39, 0.29) is 12.6 Å². The van der Waals surface area contributed by atoms with Crippen LogP contribution in [0.4, 0.5) is 4.79 Å². The third-order valence-electron chi connectivity index (χ3n) is 2.39. The van der Waals surface area contributed by atoms with Crippen LogP contribution in [0.1, 0.15) is 30.2 Å². The van der Waals surface area contributed by atoms with Gasteiger partial charge in [0.2, 0.25) is 0 Å². The number of nitrogens with one attached hydrogen (secondary N) is 1. The van der Waals surface area contributed by atoms with Crippen LogP contribution < -0.4 is 5.32 Å². The van der Waals surface area contributed by atoms with Gasteiger partial charge in [-0.2, -0.15) is 0 Å². The number of nitrogens with zero attached hydrogens (tertiary/aromatic N) is 1. The fourth-order valence-electron chi connectivity index (χ4n) is 1.42. The molecule has 5 heteroatoms. The monoisotopic (exact) mass is 280 g/mol. The molecule has 0 unspecified atom stereocenters. The molecule has 19 heavy (non-hydrogen) atoms. The number of hydrogen-bond donors (Lipinski definition) is 2. The number of rotatable bonds is 5. The molecular weight excluding hydrogens is 260 g/mol. The average Bonchev–Trinajstić information content (AvgIpc) is 2.83. The van der Waals surface area contributed by atoms with Gasteiger partial charge in [0.25, 0.3) is 0 Å². The second-order valence-corrected chi connectivity index (χ2v) is 5.16. The number of urea groups is 1. The molecule has 0 spiro atoms. The van der Waals surface area contributed by atoms with Crippen molar-refractivity contribution in [2.45, 2.75) is 26.3 Å². The predicted octanol–water partition coefficient (Wildman–Crippen LogP) is 2.03. The minimum absolute atomic E-state index is 0.0526. The van der Waals surface area contributed by atoms with Crippen molar-refractivity contribution in [1.82, 2.24) is 10.2 Å². The van der Waals surface area contributed by atoms with Gasteiger partial charge >= 0.3 is 6.03 Å². The second-order valence-electron chi connectivity index (χ2n) is 4.17. The minimum atomic E-state index is -0.0526. The Bertz CT molecular complexity index is 460. The SMILES string of the molecule is CCCNC(=O)N(C)Cc1cc(C#CCCO)cs1. The Hall–Kier alpha value is -1.51. The van der Waals surface area contributed by atoms with E-state index in [4.69, 9.17) is 5.11 Å². The number of amides is 2. The summed E-state index contributed by atoms with van der Waals surface area (Å²) in [4.78, 5) is 14.4. The van der Waals surface area contributed by atoms with Gasteiger partial charge in [-0.15, -0.1) is 11.3 Å². The van der Waals surface area contributed by atoms with E-state index in [9.17, 15) is 4.79 Å². The lowest BCUT2D eigenvalue weighted by molar-refractivity contribution is 0.207. The lowest BCUT2D eigenvalue weighted by Gasteiger charge is -2.16. The Labute approximate surface area is 118 Å². The van der Waals surface area contributed by atoms with E-state index in [0.29, 0.717) is 19.5 Å². The third kappa shape index (κ3) is 5.77. The van der Waals surface area contributed by atoms with Crippen LogP contribution in [0.5, 0.6) is 0 Å². The molecule has 0 aromatic carbocycles. The number of carbonyl (C=O) groups excluding carboxylic acids is 1. The van der Waals surface area contributed by atoms with Crippen molar-refractivity contribution in [1.29, 1.82) is 0 Å². The first-order valence-corrected chi connectivity index (χ1v) is 7.21. The van der Waals surface area contributed by atoms with Crippen molar-refractivity contribution in [3.8, 4) is 11.8 Å². The first-order chi connectivity index (χ1) is 9.17. The standard InChI is InChI=1S/C14H20N2O2S/c1-3-7-15-14(18)16(2)10-13-9-12(11-19-13)6-4-5-8-17/h9,11,17H,3,5,7-8,10H2,1-2H3,(H,15,18). The largest absolute Gasteiger partial charge is 0.395 e. The van der Waals surface area contributed by atoms with E-state index in [1.54, 1.807) is 23.3 Å². The molecule has 0 radical (unpaired) electrons. The molecule has 2 N–H and O–H groups in total. The van der Waals surface area contributed by atoms with E-state index < -0.39 is 0 Å². The molecule has 1 rings (SSSR count). The van der Waals surface area contributed by atoms with Crippen LogP contribution in [-0.4, -0.2) is 36.2 Å². The Morgan fingerprint density at radius 2 is 2.37 bits per heavy atom. The number of aliphatic hydroxyl groups excluding tert-OH is 1. The second kappa shape index (κ2) is 8.57. The smallest absolute Gasteiger partial charge is 0.317 e. The quantitative estimate of drug-likeness (QED) is 0.811. The van der Waals surface area contributed by atoms with Crippen LogP contribution in [-0.2, 0) is 6.54 Å². The first-order valence-electron chi connectivity index (χ1n) is 6.33. The fourth-order valence-corrected chi connectivity index (χ4v) is 2.29. The van der Waals surface area contributed by atoms with Crippen molar-refractivity contribution < 1.29 is 9.90 Å². The highest BCUT2D eigenvalue weighted by Crippen LogP contribution is 2.15. The molecule has 0 saturated carbocycles. The number of carbonyl (C=O) groups is 1. The van der Waals surface area contributed by atoms with Crippen LogP contribution in [0, 0.1) is 11.8 Å². The molecule has 104 valence electrons. The molecule has 0 atom stereocenters. The topological polar surface area (TPSA) is 52.6 Å². The van der Waals surface area contributed by atoms with Gasteiger partial charge in [0.05, 0.1) is 13.2 Å². The van der Waals surface area contributed by atoms with Crippen LogP contribution in [0.15, 0.2) is 11.4 Å². The van der Waals surface area contributed by atoms with E-state index in [1.807, 2.05) is 18.4 Å². The average molecular weight is 280 g/mol. The van der Waals surface area contributed by atoms with E-state index >= 15 is 0 Å². The van der Waals surface area contributed by atoms with Crippen LogP contribution in [0.3, 0.4) is 0 Å². The summed E-state index contributed by atoms with van der Waals surface area (Å²) in [5, 5.41) is 13.5. The first kappa shape index (κ1) is 15.5. The predicted molar refractivity (Wildman–Crippen MR) is 78.1 cm³/mol. The fraction of sp³-hybridized carbons (Fsp3) is 0.500. The molecule has 0 bridgehead atoms.